The van der Waals surface area contributed by atoms with Crippen LogP contribution >= 0.6 is 11.6 Å². The number of halogens is 1. The van der Waals surface area contributed by atoms with Crippen molar-refractivity contribution in [3.63, 3.8) is 0 Å². The quantitative estimate of drug-likeness (QED) is 0.674. The molecule has 0 aliphatic heterocycles. The molecule has 0 bridgehead atoms. The molecule has 0 fully saturated rings. The molecule has 3 aromatic rings. The molecule has 2 aromatic carbocycles. The summed E-state index contributed by atoms with van der Waals surface area (Å²) in [5.74, 6) is 1.08. The molecule has 136 valence electrons. The van der Waals surface area contributed by atoms with Gasteiger partial charge in [0, 0.05) is 23.4 Å². The van der Waals surface area contributed by atoms with E-state index in [2.05, 4.69) is 16.4 Å². The van der Waals surface area contributed by atoms with Crippen molar-refractivity contribution in [2.75, 3.05) is 0 Å². The maximum Gasteiger partial charge on any atom is 0.220 e. The van der Waals surface area contributed by atoms with Gasteiger partial charge in [0.1, 0.15) is 0 Å². The van der Waals surface area contributed by atoms with Crippen LogP contribution in [0.5, 0.6) is 0 Å². The number of amides is 1. The Morgan fingerprint density at radius 2 is 1.93 bits per heavy atom. The van der Waals surface area contributed by atoms with Crippen LogP contribution in [0.1, 0.15) is 36.4 Å². The van der Waals surface area contributed by atoms with Gasteiger partial charge in [-0.2, -0.15) is 5.26 Å². The Morgan fingerprint density at radius 1 is 1.22 bits per heavy atom. The molecule has 0 saturated heterocycles. The Kier molecular flexibility index (Phi) is 5.90. The number of nitrogens with zero attached hydrogens (tertiary/aromatic N) is 2. The molecule has 1 aromatic heterocycles. The smallest absolute Gasteiger partial charge is 0.220 e. The van der Waals surface area contributed by atoms with Gasteiger partial charge < -0.3 is 9.73 Å². The zero-order chi connectivity index (χ0) is 19.2. The van der Waals surface area contributed by atoms with Crippen LogP contribution in [0.25, 0.3) is 11.3 Å². The van der Waals surface area contributed by atoms with E-state index in [1.165, 1.54) is 0 Å². The number of oxazole rings is 1. The van der Waals surface area contributed by atoms with Crippen LogP contribution in [0, 0.1) is 11.3 Å². The number of nitrogens with one attached hydrogen (secondary N) is 1. The van der Waals surface area contributed by atoms with E-state index in [9.17, 15) is 4.79 Å². The van der Waals surface area contributed by atoms with E-state index in [0.717, 1.165) is 11.1 Å². The van der Waals surface area contributed by atoms with E-state index < -0.39 is 0 Å². The van der Waals surface area contributed by atoms with Crippen LogP contribution in [0.3, 0.4) is 0 Å². The van der Waals surface area contributed by atoms with E-state index in [4.69, 9.17) is 21.3 Å². The number of rotatable bonds is 6. The van der Waals surface area contributed by atoms with Crippen molar-refractivity contribution in [3.8, 4) is 17.4 Å². The highest BCUT2D eigenvalue weighted by atomic mass is 35.5. The Balaban J connectivity index is 1.53. The molecule has 0 spiro atoms. The van der Waals surface area contributed by atoms with Gasteiger partial charge in [-0.15, -0.1) is 0 Å². The van der Waals surface area contributed by atoms with Gasteiger partial charge in [0.15, 0.2) is 11.7 Å². The summed E-state index contributed by atoms with van der Waals surface area (Å²) >= 11 is 5.88. The second-order valence-corrected chi connectivity index (χ2v) is 6.58. The summed E-state index contributed by atoms with van der Waals surface area (Å²) in [6, 6.07) is 16.4. The number of nitriles is 1. The first-order valence-electron chi connectivity index (χ1n) is 8.55. The third-order valence-electron chi connectivity index (χ3n) is 4.17. The predicted molar refractivity (Wildman–Crippen MR) is 103 cm³/mol. The maximum absolute atomic E-state index is 12.2. The van der Waals surface area contributed by atoms with Crippen LogP contribution < -0.4 is 5.32 Å². The lowest BCUT2D eigenvalue weighted by Crippen LogP contribution is -2.26. The SMILES string of the molecule is CC(NC(=O)CCc1ncc(-c2ccc(Cl)cc2)o1)c1ccc(C#N)cc1. The number of hydrogen-bond acceptors (Lipinski definition) is 4. The van der Waals surface area contributed by atoms with Gasteiger partial charge in [0.25, 0.3) is 0 Å². The number of hydrogen-bond donors (Lipinski definition) is 1. The molecule has 5 nitrogen and oxygen atoms in total. The van der Waals surface area contributed by atoms with Gasteiger partial charge in [-0.05, 0) is 48.9 Å². The first-order chi connectivity index (χ1) is 13.0. The van der Waals surface area contributed by atoms with Gasteiger partial charge in [-0.1, -0.05) is 23.7 Å². The Labute approximate surface area is 162 Å². The molecule has 0 aliphatic carbocycles. The molecular formula is C21H18ClN3O2. The summed E-state index contributed by atoms with van der Waals surface area (Å²) in [5, 5.41) is 12.4. The molecule has 3 rings (SSSR count). The number of benzene rings is 2. The van der Waals surface area contributed by atoms with Crippen molar-refractivity contribution in [1.82, 2.24) is 10.3 Å². The molecule has 1 amide bonds. The van der Waals surface area contributed by atoms with Crippen LogP contribution in [0.2, 0.25) is 5.02 Å². The van der Waals surface area contributed by atoms with Gasteiger partial charge in [0.2, 0.25) is 5.91 Å². The summed E-state index contributed by atoms with van der Waals surface area (Å²) in [5.41, 5.74) is 2.43. The molecule has 1 N–H and O–H groups in total. The number of aryl methyl sites for hydroxylation is 1. The average Bonchev–Trinajstić information content (AvgIpc) is 3.16. The standard InChI is InChI=1S/C21H18ClN3O2/c1-14(16-4-2-15(12-23)3-5-16)25-20(26)10-11-21-24-13-19(27-21)17-6-8-18(22)9-7-17/h2-9,13-14H,10-11H2,1H3,(H,25,26). The second-order valence-electron chi connectivity index (χ2n) is 6.15. The lowest BCUT2D eigenvalue weighted by atomic mass is 10.1. The van der Waals surface area contributed by atoms with Gasteiger partial charge in [-0.3, -0.25) is 4.79 Å². The fourth-order valence-corrected chi connectivity index (χ4v) is 2.76. The van der Waals surface area contributed by atoms with Crippen molar-refractivity contribution < 1.29 is 9.21 Å². The number of carbonyl (C=O) groups is 1. The lowest BCUT2D eigenvalue weighted by molar-refractivity contribution is -0.121. The zero-order valence-corrected chi connectivity index (χ0v) is 15.5. The van der Waals surface area contributed by atoms with Crippen molar-refractivity contribution in [1.29, 1.82) is 5.26 Å². The fourth-order valence-electron chi connectivity index (χ4n) is 2.64. The van der Waals surface area contributed by atoms with Crippen molar-refractivity contribution in [2.24, 2.45) is 0 Å². The average molecular weight is 380 g/mol. The van der Waals surface area contributed by atoms with E-state index in [1.54, 1.807) is 30.5 Å². The normalized spacial score (nSPS) is 11.6. The van der Waals surface area contributed by atoms with Crippen LogP contribution in [-0.2, 0) is 11.2 Å². The second kappa shape index (κ2) is 8.52. The molecule has 1 atom stereocenters. The Morgan fingerprint density at radius 3 is 2.59 bits per heavy atom. The summed E-state index contributed by atoms with van der Waals surface area (Å²) in [6.45, 7) is 1.91. The summed E-state index contributed by atoms with van der Waals surface area (Å²) in [6.07, 6.45) is 2.34. The topological polar surface area (TPSA) is 78.9 Å². The van der Waals surface area contributed by atoms with E-state index in [-0.39, 0.29) is 18.4 Å². The van der Waals surface area contributed by atoms with Gasteiger partial charge in [-0.25, -0.2) is 4.98 Å². The minimum Gasteiger partial charge on any atom is -0.441 e. The minimum atomic E-state index is -0.139. The molecule has 1 unspecified atom stereocenters. The molecule has 0 aliphatic rings. The van der Waals surface area contributed by atoms with E-state index in [1.807, 2.05) is 31.2 Å². The highest BCUT2D eigenvalue weighted by molar-refractivity contribution is 6.30. The maximum atomic E-state index is 12.2. The van der Waals surface area contributed by atoms with Crippen LogP contribution in [0.4, 0.5) is 0 Å². The zero-order valence-electron chi connectivity index (χ0n) is 14.8. The Bertz CT molecular complexity index is 956. The summed E-state index contributed by atoms with van der Waals surface area (Å²) in [4.78, 5) is 16.4. The van der Waals surface area contributed by atoms with E-state index >= 15 is 0 Å². The molecule has 0 saturated carbocycles. The first-order valence-corrected chi connectivity index (χ1v) is 8.93. The molecule has 27 heavy (non-hydrogen) atoms. The largest absolute Gasteiger partial charge is 0.441 e. The molecular weight excluding hydrogens is 362 g/mol. The summed E-state index contributed by atoms with van der Waals surface area (Å²) < 4.78 is 5.71. The number of aromatic nitrogens is 1. The van der Waals surface area contributed by atoms with Crippen LogP contribution in [0.15, 0.2) is 59.1 Å². The monoisotopic (exact) mass is 379 g/mol. The predicted octanol–water partition coefficient (Wildman–Crippen LogP) is 4.68. The Hall–Kier alpha value is -3.10. The fraction of sp³-hybridized carbons (Fsp3) is 0.190. The minimum absolute atomic E-state index is 0.0851. The van der Waals surface area contributed by atoms with Crippen LogP contribution in [-0.4, -0.2) is 10.9 Å². The van der Waals surface area contributed by atoms with Crippen molar-refractivity contribution in [2.45, 2.75) is 25.8 Å². The van der Waals surface area contributed by atoms with E-state index in [0.29, 0.717) is 28.7 Å². The molecule has 1 heterocycles. The first kappa shape index (κ1) is 18.7. The van der Waals surface area contributed by atoms with Gasteiger partial charge >= 0.3 is 0 Å². The molecule has 6 heteroatoms. The highest BCUT2D eigenvalue weighted by Gasteiger charge is 2.12. The number of carbonyl (C=O) groups excluding carboxylic acids is 1. The lowest BCUT2D eigenvalue weighted by Gasteiger charge is -2.14. The highest BCUT2D eigenvalue weighted by Crippen LogP contribution is 2.22. The van der Waals surface area contributed by atoms with Gasteiger partial charge in [0.05, 0.1) is 23.9 Å². The van der Waals surface area contributed by atoms with Crippen molar-refractivity contribution in [3.05, 3.63) is 76.8 Å². The third kappa shape index (κ3) is 4.96. The third-order valence-corrected chi connectivity index (χ3v) is 4.42. The molecule has 0 radical (unpaired) electrons. The van der Waals surface area contributed by atoms with Crippen molar-refractivity contribution >= 4 is 17.5 Å². The summed E-state index contributed by atoms with van der Waals surface area (Å²) in [7, 11) is 0.